The third-order valence-electron chi connectivity index (χ3n) is 3.33. The minimum atomic E-state index is 0. The summed E-state index contributed by atoms with van der Waals surface area (Å²) < 4.78 is 2.34. The lowest BCUT2D eigenvalue weighted by Gasteiger charge is -2.21. The summed E-state index contributed by atoms with van der Waals surface area (Å²) in [7, 11) is 4.46. The van der Waals surface area contributed by atoms with E-state index in [2.05, 4.69) is 29.8 Å². The normalized spacial score (nSPS) is 34.5. The van der Waals surface area contributed by atoms with Gasteiger partial charge in [-0.2, -0.15) is 0 Å². The van der Waals surface area contributed by atoms with Crippen molar-refractivity contribution in [3.8, 4) is 0 Å². The van der Waals surface area contributed by atoms with Crippen molar-refractivity contribution in [3.63, 3.8) is 0 Å². The average molecular weight is 203 g/mol. The first-order valence-electron chi connectivity index (χ1n) is 5.03. The van der Waals surface area contributed by atoms with E-state index in [1.54, 1.807) is 0 Å². The van der Waals surface area contributed by atoms with Crippen molar-refractivity contribution in [2.45, 2.75) is 25.3 Å². The van der Waals surface area contributed by atoms with Crippen LogP contribution in [0.3, 0.4) is 0 Å². The van der Waals surface area contributed by atoms with Crippen molar-refractivity contribution in [3.05, 3.63) is 0 Å². The standard InChI is InChI=1S/C10H19N2.ClH/c1-11-7-5-9(8-11)10-4-3-6-12(10)2;/h8-10H,3-7H2,1-2H3;1H/q+1;/p-1. The zero-order chi connectivity index (χ0) is 8.55. The van der Waals surface area contributed by atoms with Crippen LogP contribution in [-0.4, -0.2) is 48.9 Å². The van der Waals surface area contributed by atoms with Gasteiger partial charge in [-0.15, -0.1) is 0 Å². The van der Waals surface area contributed by atoms with Crippen LogP contribution in [0.15, 0.2) is 0 Å². The Balaban J connectivity index is 0.000000845. The maximum Gasteiger partial charge on any atom is 0.144 e. The van der Waals surface area contributed by atoms with Gasteiger partial charge in [-0.05, 0) is 26.4 Å². The summed E-state index contributed by atoms with van der Waals surface area (Å²) in [6, 6.07) is 0.843. The summed E-state index contributed by atoms with van der Waals surface area (Å²) in [4.78, 5) is 2.53. The van der Waals surface area contributed by atoms with Crippen molar-refractivity contribution in [2.75, 3.05) is 27.2 Å². The van der Waals surface area contributed by atoms with Crippen LogP contribution < -0.4 is 12.4 Å². The van der Waals surface area contributed by atoms with Crippen molar-refractivity contribution in [1.29, 1.82) is 0 Å². The highest BCUT2D eigenvalue weighted by atomic mass is 35.5. The zero-order valence-electron chi connectivity index (χ0n) is 8.54. The SMILES string of the molecule is CN1CCCC1C1C=[N+](C)CC1.[Cl-]. The third-order valence-corrected chi connectivity index (χ3v) is 3.33. The van der Waals surface area contributed by atoms with Crippen LogP contribution in [0, 0.1) is 5.92 Å². The minimum absolute atomic E-state index is 0. The van der Waals surface area contributed by atoms with E-state index in [1.165, 1.54) is 32.4 Å². The van der Waals surface area contributed by atoms with Crippen molar-refractivity contribution in [1.82, 2.24) is 4.90 Å². The van der Waals surface area contributed by atoms with Gasteiger partial charge >= 0.3 is 0 Å². The number of nitrogens with zero attached hydrogens (tertiary/aromatic N) is 2. The highest BCUT2D eigenvalue weighted by Gasteiger charge is 2.33. The topological polar surface area (TPSA) is 6.25 Å². The Morgan fingerprint density at radius 3 is 2.62 bits per heavy atom. The van der Waals surface area contributed by atoms with E-state index in [-0.39, 0.29) is 12.4 Å². The maximum atomic E-state index is 2.53. The molecule has 0 saturated carbocycles. The summed E-state index contributed by atoms with van der Waals surface area (Å²) in [6.07, 6.45) is 6.60. The monoisotopic (exact) mass is 202 g/mol. The van der Waals surface area contributed by atoms with Crippen LogP contribution in [0.1, 0.15) is 19.3 Å². The van der Waals surface area contributed by atoms with Crippen LogP contribution in [0.2, 0.25) is 0 Å². The second-order valence-corrected chi connectivity index (χ2v) is 4.27. The van der Waals surface area contributed by atoms with E-state index >= 15 is 0 Å². The molecule has 0 aromatic carbocycles. The lowest BCUT2D eigenvalue weighted by Crippen LogP contribution is -3.00. The van der Waals surface area contributed by atoms with Crippen molar-refractivity contribution in [2.24, 2.45) is 5.92 Å². The van der Waals surface area contributed by atoms with Gasteiger partial charge in [0.15, 0.2) is 0 Å². The number of halogens is 1. The van der Waals surface area contributed by atoms with Crippen molar-refractivity contribution >= 4 is 6.21 Å². The molecule has 0 N–H and O–H groups in total. The molecule has 3 heteroatoms. The van der Waals surface area contributed by atoms with E-state index in [9.17, 15) is 0 Å². The molecule has 0 aliphatic carbocycles. The first-order valence-corrected chi connectivity index (χ1v) is 5.03. The molecule has 0 aromatic heterocycles. The molecule has 0 aromatic rings. The van der Waals surface area contributed by atoms with E-state index in [0.717, 1.165) is 12.0 Å². The Morgan fingerprint density at radius 1 is 1.38 bits per heavy atom. The molecule has 0 radical (unpaired) electrons. The summed E-state index contributed by atoms with van der Waals surface area (Å²) in [5.41, 5.74) is 0. The van der Waals surface area contributed by atoms with E-state index in [1.807, 2.05) is 0 Å². The fourth-order valence-corrected chi connectivity index (χ4v) is 2.60. The Morgan fingerprint density at radius 2 is 2.15 bits per heavy atom. The molecular formula is C10H19ClN2. The van der Waals surface area contributed by atoms with Crippen LogP contribution in [0.4, 0.5) is 0 Å². The minimum Gasteiger partial charge on any atom is -1.00 e. The molecule has 0 bridgehead atoms. The number of rotatable bonds is 1. The van der Waals surface area contributed by atoms with Crippen LogP contribution in [0.5, 0.6) is 0 Å². The first-order chi connectivity index (χ1) is 5.77. The lowest BCUT2D eigenvalue weighted by atomic mass is 9.97. The molecule has 1 fully saturated rings. The third kappa shape index (κ3) is 2.23. The first kappa shape index (κ1) is 11.0. The lowest BCUT2D eigenvalue weighted by molar-refractivity contribution is -0.484. The van der Waals surface area contributed by atoms with Gasteiger partial charge in [0, 0.05) is 12.5 Å². The maximum absolute atomic E-state index is 2.53. The average Bonchev–Trinajstić information content (AvgIpc) is 2.58. The molecule has 2 heterocycles. The second-order valence-electron chi connectivity index (χ2n) is 4.27. The molecule has 2 nitrogen and oxygen atoms in total. The molecule has 13 heavy (non-hydrogen) atoms. The highest BCUT2D eigenvalue weighted by Crippen LogP contribution is 2.25. The summed E-state index contributed by atoms with van der Waals surface area (Å²) in [5, 5.41) is 0. The van der Waals surface area contributed by atoms with E-state index in [4.69, 9.17) is 0 Å². The summed E-state index contributed by atoms with van der Waals surface area (Å²) >= 11 is 0. The Hall–Kier alpha value is -0.0800. The number of likely N-dealkylation sites (tertiary alicyclic amines) is 1. The molecule has 2 aliphatic heterocycles. The Kier molecular flexibility index (Phi) is 3.74. The van der Waals surface area contributed by atoms with Gasteiger partial charge in [-0.3, -0.25) is 0 Å². The second kappa shape index (κ2) is 4.43. The van der Waals surface area contributed by atoms with Crippen LogP contribution in [0.25, 0.3) is 0 Å². The summed E-state index contributed by atoms with van der Waals surface area (Å²) in [6.45, 7) is 2.56. The van der Waals surface area contributed by atoms with Gasteiger partial charge in [0.2, 0.25) is 0 Å². The van der Waals surface area contributed by atoms with Gasteiger partial charge in [0.25, 0.3) is 0 Å². The molecule has 2 unspecified atom stereocenters. The molecular weight excluding hydrogens is 184 g/mol. The van der Waals surface area contributed by atoms with Gasteiger partial charge in [0.1, 0.15) is 19.8 Å². The predicted octanol–water partition coefficient (Wildman–Crippen LogP) is -2.18. The van der Waals surface area contributed by atoms with Gasteiger partial charge in [0.05, 0.1) is 5.92 Å². The largest absolute Gasteiger partial charge is 1.00 e. The Bertz CT molecular complexity index is 203. The fraction of sp³-hybridized carbons (Fsp3) is 0.900. The van der Waals surface area contributed by atoms with Crippen LogP contribution >= 0.6 is 0 Å². The quantitative estimate of drug-likeness (QED) is 0.439. The zero-order valence-corrected chi connectivity index (χ0v) is 9.30. The molecule has 2 aliphatic rings. The fourth-order valence-electron chi connectivity index (χ4n) is 2.60. The molecule has 0 spiro atoms. The van der Waals surface area contributed by atoms with E-state index in [0.29, 0.717) is 0 Å². The van der Waals surface area contributed by atoms with Crippen LogP contribution in [-0.2, 0) is 0 Å². The highest BCUT2D eigenvalue weighted by molar-refractivity contribution is 5.57. The Labute approximate surface area is 87.0 Å². The van der Waals surface area contributed by atoms with E-state index < -0.39 is 0 Å². The van der Waals surface area contributed by atoms with Gasteiger partial charge in [-0.25, -0.2) is 4.58 Å². The molecule has 76 valence electrons. The molecule has 1 saturated heterocycles. The number of hydrogen-bond acceptors (Lipinski definition) is 1. The molecule has 0 amide bonds. The smallest absolute Gasteiger partial charge is 0.144 e. The van der Waals surface area contributed by atoms with Crippen molar-refractivity contribution < 1.29 is 17.0 Å². The summed E-state index contributed by atoms with van der Waals surface area (Å²) in [5.74, 6) is 0.836. The number of hydrogen-bond donors (Lipinski definition) is 0. The molecule has 2 atom stereocenters. The van der Waals surface area contributed by atoms with Gasteiger partial charge in [-0.1, -0.05) is 0 Å². The molecule has 2 rings (SSSR count). The van der Waals surface area contributed by atoms with Gasteiger partial charge < -0.3 is 17.3 Å². The predicted molar refractivity (Wildman–Crippen MR) is 50.9 cm³/mol.